The fourth-order valence-electron chi connectivity index (χ4n) is 2.57. The molecule has 0 saturated heterocycles. The first-order valence-electron chi connectivity index (χ1n) is 7.42. The van der Waals surface area contributed by atoms with E-state index in [1.165, 1.54) is 0 Å². The lowest BCUT2D eigenvalue weighted by Gasteiger charge is -2.08. The largest absolute Gasteiger partial charge is 0.466 e. The minimum Gasteiger partial charge on any atom is -0.466 e. The Morgan fingerprint density at radius 1 is 1.09 bits per heavy atom. The van der Waals surface area contributed by atoms with Gasteiger partial charge in [0.05, 0.1) is 0 Å². The van der Waals surface area contributed by atoms with Crippen LogP contribution in [-0.4, -0.2) is 12.5 Å². The molecule has 0 aliphatic carbocycles. The van der Waals surface area contributed by atoms with E-state index in [4.69, 9.17) is 8.83 Å². The molecule has 5 heteroatoms. The summed E-state index contributed by atoms with van der Waals surface area (Å²) in [5.74, 6) is 1.20. The predicted octanol–water partition coefficient (Wildman–Crippen LogP) is 2.98. The summed E-state index contributed by atoms with van der Waals surface area (Å²) < 4.78 is 10.7. The normalized spacial score (nSPS) is 10.9. The third kappa shape index (κ3) is 3.04. The Balaban J connectivity index is 1.79. The van der Waals surface area contributed by atoms with Crippen LogP contribution < -0.4 is 10.9 Å². The number of hydrogen-bond donors (Lipinski definition) is 1. The molecule has 3 rings (SSSR count). The van der Waals surface area contributed by atoms with Crippen LogP contribution in [0, 0.1) is 13.8 Å². The highest BCUT2D eigenvalue weighted by Gasteiger charge is 2.18. The molecule has 1 amide bonds. The average molecular weight is 311 g/mol. The maximum atomic E-state index is 12.3. The Labute approximate surface area is 132 Å². The van der Waals surface area contributed by atoms with Gasteiger partial charge in [-0.25, -0.2) is 4.79 Å². The standard InChI is InChI=1S/C18H17NO4/c1-11-7-8-13(22-11)9-10-19-17(20)16-12(2)14-5-3-4-6-15(14)23-18(16)21/h3-8H,9-10H2,1-2H3,(H,19,20). The first-order valence-corrected chi connectivity index (χ1v) is 7.42. The number of rotatable bonds is 4. The van der Waals surface area contributed by atoms with Crippen molar-refractivity contribution in [2.75, 3.05) is 6.54 Å². The van der Waals surface area contributed by atoms with E-state index in [9.17, 15) is 9.59 Å². The van der Waals surface area contributed by atoms with Gasteiger partial charge in [0, 0.05) is 18.4 Å². The maximum Gasteiger partial charge on any atom is 0.349 e. The molecule has 2 aromatic heterocycles. The third-order valence-electron chi connectivity index (χ3n) is 3.75. The van der Waals surface area contributed by atoms with Crippen LogP contribution in [-0.2, 0) is 6.42 Å². The monoisotopic (exact) mass is 311 g/mol. The Hall–Kier alpha value is -2.82. The van der Waals surface area contributed by atoms with Gasteiger partial charge in [0.25, 0.3) is 5.91 Å². The lowest BCUT2D eigenvalue weighted by atomic mass is 10.1. The number of amides is 1. The van der Waals surface area contributed by atoms with Crippen molar-refractivity contribution in [1.82, 2.24) is 5.32 Å². The van der Waals surface area contributed by atoms with Gasteiger partial charge in [-0.1, -0.05) is 18.2 Å². The molecule has 23 heavy (non-hydrogen) atoms. The summed E-state index contributed by atoms with van der Waals surface area (Å²) in [4.78, 5) is 24.4. The molecule has 0 bridgehead atoms. The van der Waals surface area contributed by atoms with E-state index in [0.29, 0.717) is 24.1 Å². The Kier molecular flexibility index (Phi) is 4.02. The van der Waals surface area contributed by atoms with Crippen molar-refractivity contribution in [2.45, 2.75) is 20.3 Å². The molecule has 1 aromatic carbocycles. The molecular formula is C18H17NO4. The Morgan fingerprint density at radius 3 is 2.61 bits per heavy atom. The van der Waals surface area contributed by atoms with Crippen LogP contribution in [0.2, 0.25) is 0 Å². The number of fused-ring (bicyclic) bond motifs is 1. The van der Waals surface area contributed by atoms with Gasteiger partial charge >= 0.3 is 5.63 Å². The summed E-state index contributed by atoms with van der Waals surface area (Å²) in [5, 5.41) is 3.51. The summed E-state index contributed by atoms with van der Waals surface area (Å²) in [6.45, 7) is 4.01. The first-order chi connectivity index (χ1) is 11.1. The summed E-state index contributed by atoms with van der Waals surface area (Å²) in [5.41, 5.74) is 0.549. The predicted molar refractivity (Wildman–Crippen MR) is 86.7 cm³/mol. The smallest absolute Gasteiger partial charge is 0.349 e. The summed E-state index contributed by atoms with van der Waals surface area (Å²) >= 11 is 0. The number of furan rings is 1. The zero-order valence-corrected chi connectivity index (χ0v) is 13.0. The molecule has 0 unspecified atom stereocenters. The number of benzene rings is 1. The molecule has 118 valence electrons. The van der Waals surface area contributed by atoms with Gasteiger partial charge in [-0.05, 0) is 37.6 Å². The quantitative estimate of drug-likeness (QED) is 0.752. The van der Waals surface area contributed by atoms with Crippen LogP contribution in [0.5, 0.6) is 0 Å². The van der Waals surface area contributed by atoms with E-state index < -0.39 is 11.5 Å². The zero-order chi connectivity index (χ0) is 16.4. The van der Waals surface area contributed by atoms with E-state index in [-0.39, 0.29) is 5.56 Å². The molecule has 0 aliphatic heterocycles. The summed E-state index contributed by atoms with van der Waals surface area (Å²) in [6, 6.07) is 10.9. The second kappa shape index (κ2) is 6.12. The fraction of sp³-hybridized carbons (Fsp3) is 0.222. The van der Waals surface area contributed by atoms with E-state index in [0.717, 1.165) is 16.9 Å². The third-order valence-corrected chi connectivity index (χ3v) is 3.75. The number of carbonyl (C=O) groups excluding carboxylic acids is 1. The molecule has 0 radical (unpaired) electrons. The number of aryl methyl sites for hydroxylation is 2. The van der Waals surface area contributed by atoms with Crippen LogP contribution in [0.1, 0.15) is 27.4 Å². The number of carbonyl (C=O) groups is 1. The van der Waals surface area contributed by atoms with Crippen LogP contribution >= 0.6 is 0 Å². The minimum atomic E-state index is -0.618. The Bertz CT molecular complexity index is 920. The molecule has 5 nitrogen and oxygen atoms in total. The van der Waals surface area contributed by atoms with Crippen molar-refractivity contribution < 1.29 is 13.6 Å². The van der Waals surface area contributed by atoms with Crippen LogP contribution in [0.25, 0.3) is 11.0 Å². The highest BCUT2D eigenvalue weighted by atomic mass is 16.4. The molecule has 0 saturated carbocycles. The molecule has 0 aliphatic rings. The molecule has 3 aromatic rings. The highest BCUT2D eigenvalue weighted by molar-refractivity contribution is 5.99. The molecule has 0 spiro atoms. The van der Waals surface area contributed by atoms with E-state index >= 15 is 0 Å². The summed E-state index contributed by atoms with van der Waals surface area (Å²) in [6.07, 6.45) is 0.567. The molecule has 0 atom stereocenters. The van der Waals surface area contributed by atoms with Crippen LogP contribution in [0.3, 0.4) is 0 Å². The van der Waals surface area contributed by atoms with Crippen molar-refractivity contribution in [3.8, 4) is 0 Å². The SMILES string of the molecule is Cc1ccc(CCNC(=O)c2c(C)c3ccccc3oc2=O)o1. The second-order valence-electron chi connectivity index (χ2n) is 5.40. The average Bonchev–Trinajstić information content (AvgIpc) is 2.93. The Morgan fingerprint density at radius 2 is 1.87 bits per heavy atom. The fourth-order valence-corrected chi connectivity index (χ4v) is 2.57. The van der Waals surface area contributed by atoms with Gasteiger partial charge in [-0.15, -0.1) is 0 Å². The van der Waals surface area contributed by atoms with Gasteiger partial charge in [0.15, 0.2) is 0 Å². The van der Waals surface area contributed by atoms with Crippen LogP contribution in [0.4, 0.5) is 0 Å². The molecule has 2 heterocycles. The van der Waals surface area contributed by atoms with Gasteiger partial charge in [-0.2, -0.15) is 0 Å². The number of nitrogens with one attached hydrogen (secondary N) is 1. The van der Waals surface area contributed by atoms with E-state index in [1.54, 1.807) is 19.1 Å². The lowest BCUT2D eigenvalue weighted by Crippen LogP contribution is -2.31. The zero-order valence-electron chi connectivity index (χ0n) is 13.0. The molecule has 0 fully saturated rings. The molecule has 1 N–H and O–H groups in total. The van der Waals surface area contributed by atoms with Crippen molar-refractivity contribution in [3.63, 3.8) is 0 Å². The van der Waals surface area contributed by atoms with Crippen molar-refractivity contribution in [3.05, 3.63) is 69.5 Å². The first kappa shape index (κ1) is 15.1. The maximum absolute atomic E-state index is 12.3. The molecular weight excluding hydrogens is 294 g/mol. The lowest BCUT2D eigenvalue weighted by molar-refractivity contribution is 0.0949. The van der Waals surface area contributed by atoms with E-state index in [1.807, 2.05) is 31.2 Å². The minimum absolute atomic E-state index is 0.0549. The van der Waals surface area contributed by atoms with Gasteiger partial charge in [0.1, 0.15) is 22.7 Å². The van der Waals surface area contributed by atoms with Crippen molar-refractivity contribution in [1.29, 1.82) is 0 Å². The van der Waals surface area contributed by atoms with Gasteiger partial charge in [-0.3, -0.25) is 4.79 Å². The summed E-state index contributed by atoms with van der Waals surface area (Å²) in [7, 11) is 0. The van der Waals surface area contributed by atoms with Crippen molar-refractivity contribution in [2.24, 2.45) is 0 Å². The highest BCUT2D eigenvalue weighted by Crippen LogP contribution is 2.18. The number of hydrogen-bond acceptors (Lipinski definition) is 4. The van der Waals surface area contributed by atoms with Crippen molar-refractivity contribution >= 4 is 16.9 Å². The van der Waals surface area contributed by atoms with Gasteiger partial charge < -0.3 is 14.2 Å². The van der Waals surface area contributed by atoms with E-state index in [2.05, 4.69) is 5.32 Å². The topological polar surface area (TPSA) is 72.5 Å². The van der Waals surface area contributed by atoms with Gasteiger partial charge in [0.2, 0.25) is 0 Å². The number of para-hydroxylation sites is 1. The second-order valence-corrected chi connectivity index (χ2v) is 5.40. The van der Waals surface area contributed by atoms with Crippen LogP contribution in [0.15, 0.2) is 50.0 Å².